The second kappa shape index (κ2) is 5.19. The molecular formula is C11H13NO4. The number of carbonyl (C=O) groups excluding carboxylic acids is 1. The second-order valence-electron chi connectivity index (χ2n) is 2.99. The van der Waals surface area contributed by atoms with E-state index in [1.807, 2.05) is 0 Å². The van der Waals surface area contributed by atoms with Gasteiger partial charge in [-0.3, -0.25) is 0 Å². The maximum Gasteiger partial charge on any atom is 0.240 e. The Labute approximate surface area is 93.7 Å². The molecule has 5 heteroatoms. The van der Waals surface area contributed by atoms with Crippen LogP contribution in [0.25, 0.3) is 0 Å². The summed E-state index contributed by atoms with van der Waals surface area (Å²) in [4.78, 5) is 13.9. The number of benzene rings is 1. The number of isocyanates is 1. The van der Waals surface area contributed by atoms with E-state index in [0.717, 1.165) is 0 Å². The molecule has 0 radical (unpaired) electrons. The molecule has 0 saturated heterocycles. The van der Waals surface area contributed by atoms with Crippen molar-refractivity contribution in [1.29, 1.82) is 0 Å². The molecule has 0 bridgehead atoms. The Bertz CT molecular complexity index is 436. The normalized spacial score (nSPS) is 9.25. The van der Waals surface area contributed by atoms with Crippen LogP contribution in [-0.2, 0) is 4.79 Å². The van der Waals surface area contributed by atoms with Gasteiger partial charge >= 0.3 is 0 Å². The summed E-state index contributed by atoms with van der Waals surface area (Å²) < 4.78 is 15.5. The van der Waals surface area contributed by atoms with Gasteiger partial charge in [-0.1, -0.05) is 0 Å². The Morgan fingerprint density at radius 1 is 1.12 bits per heavy atom. The van der Waals surface area contributed by atoms with E-state index in [2.05, 4.69) is 4.99 Å². The number of hydrogen-bond acceptors (Lipinski definition) is 5. The highest BCUT2D eigenvalue weighted by molar-refractivity contribution is 5.68. The molecular weight excluding hydrogens is 210 g/mol. The van der Waals surface area contributed by atoms with Gasteiger partial charge in [-0.15, -0.1) is 0 Å². The zero-order valence-electron chi connectivity index (χ0n) is 9.66. The van der Waals surface area contributed by atoms with Crippen molar-refractivity contribution in [2.45, 2.75) is 6.92 Å². The molecule has 0 unspecified atom stereocenters. The molecule has 0 aliphatic rings. The van der Waals surface area contributed by atoms with Gasteiger partial charge in [0.15, 0.2) is 11.5 Å². The monoisotopic (exact) mass is 223 g/mol. The lowest BCUT2D eigenvalue weighted by molar-refractivity contribution is 0.323. The summed E-state index contributed by atoms with van der Waals surface area (Å²) in [5.41, 5.74) is 1.15. The number of nitrogens with zero attached hydrogens (tertiary/aromatic N) is 1. The minimum absolute atomic E-state index is 0.449. The molecule has 0 aromatic heterocycles. The molecule has 0 aliphatic carbocycles. The summed E-state index contributed by atoms with van der Waals surface area (Å²) in [6, 6.07) is 1.60. The average Bonchev–Trinajstić information content (AvgIpc) is 2.31. The first-order valence-electron chi connectivity index (χ1n) is 4.57. The highest BCUT2D eigenvalue weighted by Crippen LogP contribution is 2.44. The molecule has 5 nitrogen and oxygen atoms in total. The SMILES string of the molecule is COc1cc(N=C=O)c(C)c(OC)c1OC. The van der Waals surface area contributed by atoms with Crippen molar-refractivity contribution in [3.8, 4) is 17.2 Å². The Morgan fingerprint density at radius 3 is 2.19 bits per heavy atom. The molecule has 0 spiro atoms. The van der Waals surface area contributed by atoms with E-state index in [4.69, 9.17) is 14.2 Å². The van der Waals surface area contributed by atoms with E-state index >= 15 is 0 Å². The van der Waals surface area contributed by atoms with Gasteiger partial charge in [-0.25, -0.2) is 4.79 Å². The van der Waals surface area contributed by atoms with E-state index in [1.165, 1.54) is 27.4 Å². The van der Waals surface area contributed by atoms with Crippen molar-refractivity contribution >= 4 is 11.8 Å². The third-order valence-electron chi connectivity index (χ3n) is 2.22. The fraction of sp³-hybridized carbons (Fsp3) is 0.364. The number of aliphatic imine (C=N–C) groups is 1. The van der Waals surface area contributed by atoms with Crippen LogP contribution < -0.4 is 14.2 Å². The second-order valence-corrected chi connectivity index (χ2v) is 2.99. The minimum Gasteiger partial charge on any atom is -0.493 e. The van der Waals surface area contributed by atoms with E-state index < -0.39 is 0 Å². The molecule has 0 N–H and O–H groups in total. The van der Waals surface area contributed by atoms with Crippen molar-refractivity contribution in [3.05, 3.63) is 11.6 Å². The van der Waals surface area contributed by atoms with Crippen molar-refractivity contribution in [3.63, 3.8) is 0 Å². The van der Waals surface area contributed by atoms with Crippen LogP contribution in [0.4, 0.5) is 5.69 Å². The number of rotatable bonds is 4. The largest absolute Gasteiger partial charge is 0.493 e. The van der Waals surface area contributed by atoms with Crippen molar-refractivity contribution in [2.75, 3.05) is 21.3 Å². The lowest BCUT2D eigenvalue weighted by Crippen LogP contribution is -1.97. The lowest BCUT2D eigenvalue weighted by Gasteiger charge is -2.15. The van der Waals surface area contributed by atoms with Crippen molar-refractivity contribution < 1.29 is 19.0 Å². The zero-order chi connectivity index (χ0) is 12.1. The first-order valence-corrected chi connectivity index (χ1v) is 4.57. The highest BCUT2D eigenvalue weighted by atomic mass is 16.5. The summed E-state index contributed by atoms with van der Waals surface area (Å²) in [5, 5.41) is 0. The number of methoxy groups -OCH3 is 3. The third-order valence-corrected chi connectivity index (χ3v) is 2.22. The smallest absolute Gasteiger partial charge is 0.240 e. The van der Waals surface area contributed by atoms with Gasteiger partial charge in [0, 0.05) is 11.6 Å². The maximum absolute atomic E-state index is 10.3. The quantitative estimate of drug-likeness (QED) is 0.578. The predicted octanol–water partition coefficient (Wildman–Crippen LogP) is 1.99. The Kier molecular flexibility index (Phi) is 3.91. The Balaban J connectivity index is 3.53. The maximum atomic E-state index is 10.3. The molecule has 0 heterocycles. The first kappa shape index (κ1) is 12.1. The predicted molar refractivity (Wildman–Crippen MR) is 58.6 cm³/mol. The van der Waals surface area contributed by atoms with Gasteiger partial charge in [0.2, 0.25) is 11.8 Å². The van der Waals surface area contributed by atoms with Crippen molar-refractivity contribution in [1.82, 2.24) is 0 Å². The van der Waals surface area contributed by atoms with Gasteiger partial charge in [0.1, 0.15) is 0 Å². The fourth-order valence-electron chi connectivity index (χ4n) is 1.45. The van der Waals surface area contributed by atoms with Crippen LogP contribution in [0.5, 0.6) is 17.2 Å². The number of ether oxygens (including phenoxy) is 3. The van der Waals surface area contributed by atoms with E-state index in [9.17, 15) is 4.79 Å². The lowest BCUT2D eigenvalue weighted by atomic mass is 10.1. The molecule has 16 heavy (non-hydrogen) atoms. The molecule has 0 amide bonds. The van der Waals surface area contributed by atoms with Gasteiger partial charge in [-0.05, 0) is 6.92 Å². The van der Waals surface area contributed by atoms with Crippen LogP contribution in [0.15, 0.2) is 11.1 Å². The van der Waals surface area contributed by atoms with Crippen molar-refractivity contribution in [2.24, 2.45) is 4.99 Å². The topological polar surface area (TPSA) is 57.1 Å². The molecule has 1 aromatic carbocycles. The fourth-order valence-corrected chi connectivity index (χ4v) is 1.45. The van der Waals surface area contributed by atoms with Crippen LogP contribution >= 0.6 is 0 Å². The van der Waals surface area contributed by atoms with Crippen LogP contribution in [0.2, 0.25) is 0 Å². The molecule has 0 aliphatic heterocycles. The van der Waals surface area contributed by atoms with E-state index in [1.54, 1.807) is 13.0 Å². The first-order chi connectivity index (χ1) is 7.69. The van der Waals surface area contributed by atoms with Crippen LogP contribution in [0.1, 0.15) is 5.56 Å². The Morgan fingerprint density at radius 2 is 1.75 bits per heavy atom. The highest BCUT2D eigenvalue weighted by Gasteiger charge is 2.17. The molecule has 1 aromatic rings. The third kappa shape index (κ3) is 1.99. The minimum atomic E-state index is 0.449. The molecule has 0 atom stereocenters. The van der Waals surface area contributed by atoms with Gasteiger partial charge in [-0.2, -0.15) is 4.99 Å². The van der Waals surface area contributed by atoms with Crippen LogP contribution in [0, 0.1) is 6.92 Å². The summed E-state index contributed by atoms with van der Waals surface area (Å²) in [6.07, 6.45) is 1.49. The summed E-state index contributed by atoms with van der Waals surface area (Å²) >= 11 is 0. The van der Waals surface area contributed by atoms with Crippen LogP contribution in [0.3, 0.4) is 0 Å². The Hall–Kier alpha value is -2.00. The standard InChI is InChI=1S/C11H13NO4/c1-7-8(12-6-13)5-9(14-2)11(16-4)10(7)15-3/h5H,1-4H3. The number of hydrogen-bond donors (Lipinski definition) is 0. The van der Waals surface area contributed by atoms with E-state index in [-0.39, 0.29) is 0 Å². The average molecular weight is 223 g/mol. The van der Waals surface area contributed by atoms with Gasteiger partial charge < -0.3 is 14.2 Å². The van der Waals surface area contributed by atoms with E-state index in [0.29, 0.717) is 28.5 Å². The zero-order valence-corrected chi connectivity index (χ0v) is 9.66. The molecule has 1 rings (SSSR count). The molecule has 86 valence electrons. The molecule has 0 fully saturated rings. The van der Waals surface area contributed by atoms with Gasteiger partial charge in [0.25, 0.3) is 0 Å². The van der Waals surface area contributed by atoms with Gasteiger partial charge in [0.05, 0.1) is 27.0 Å². The van der Waals surface area contributed by atoms with Crippen LogP contribution in [-0.4, -0.2) is 27.4 Å². The molecule has 0 saturated carbocycles. The summed E-state index contributed by atoms with van der Waals surface area (Å²) in [5.74, 6) is 1.43. The summed E-state index contributed by atoms with van der Waals surface area (Å²) in [7, 11) is 4.53. The summed E-state index contributed by atoms with van der Waals surface area (Å²) in [6.45, 7) is 1.77.